The van der Waals surface area contributed by atoms with Crippen LogP contribution in [0.4, 0.5) is 0 Å². The van der Waals surface area contributed by atoms with E-state index in [1.807, 2.05) is 18.2 Å². The maximum Gasteiger partial charge on any atom is 0.166 e. The molecule has 1 saturated carbocycles. The Morgan fingerprint density at radius 1 is 1.15 bits per heavy atom. The molecule has 2 atom stereocenters. The van der Waals surface area contributed by atoms with Crippen LogP contribution >= 0.6 is 0 Å². The van der Waals surface area contributed by atoms with E-state index < -0.39 is 0 Å². The van der Waals surface area contributed by atoms with Gasteiger partial charge in [-0.15, -0.1) is 0 Å². The summed E-state index contributed by atoms with van der Waals surface area (Å²) in [5.41, 5.74) is 0.744. The lowest BCUT2D eigenvalue weighted by molar-refractivity contribution is 0.0820. The Balaban J connectivity index is 2.23. The molecule has 1 aliphatic carbocycles. The molecule has 1 aromatic rings. The van der Waals surface area contributed by atoms with E-state index in [1.165, 1.54) is 19.3 Å². The van der Waals surface area contributed by atoms with Crippen LogP contribution in [0.25, 0.3) is 0 Å². The summed E-state index contributed by atoms with van der Waals surface area (Å²) in [5.74, 6) is 2.26. The second-order valence-electron chi connectivity index (χ2n) is 5.49. The fourth-order valence-corrected chi connectivity index (χ4v) is 3.25. The van der Waals surface area contributed by atoms with Crippen LogP contribution in [0.5, 0.6) is 11.5 Å². The number of rotatable bonds is 5. The minimum atomic E-state index is 0.173. The first-order chi connectivity index (χ1) is 9.71. The molecule has 2 unspecified atom stereocenters. The van der Waals surface area contributed by atoms with Gasteiger partial charge in [0.2, 0.25) is 0 Å². The van der Waals surface area contributed by atoms with E-state index in [-0.39, 0.29) is 11.7 Å². The van der Waals surface area contributed by atoms with E-state index in [2.05, 4.69) is 6.92 Å². The monoisotopic (exact) mass is 276 g/mol. The van der Waals surface area contributed by atoms with E-state index in [0.717, 1.165) is 18.4 Å². The molecule has 0 aliphatic heterocycles. The summed E-state index contributed by atoms with van der Waals surface area (Å²) in [6, 6.07) is 5.48. The van der Waals surface area contributed by atoms with Gasteiger partial charge in [-0.05, 0) is 37.0 Å². The minimum absolute atomic E-state index is 0.173. The molecular weight excluding hydrogens is 252 g/mol. The minimum Gasteiger partial charge on any atom is -0.493 e. The Bertz CT molecular complexity index is 467. The molecule has 0 saturated heterocycles. The number of hydrogen-bond donors (Lipinski definition) is 0. The third kappa shape index (κ3) is 2.97. The maximum absolute atomic E-state index is 12.7. The lowest BCUT2D eigenvalue weighted by Crippen LogP contribution is -2.27. The van der Waals surface area contributed by atoms with E-state index in [0.29, 0.717) is 17.4 Å². The average Bonchev–Trinajstić information content (AvgIpc) is 2.53. The Labute approximate surface area is 121 Å². The van der Waals surface area contributed by atoms with Crippen LogP contribution < -0.4 is 9.47 Å². The first-order valence-electron chi connectivity index (χ1n) is 7.47. The highest BCUT2D eigenvalue weighted by atomic mass is 16.5. The van der Waals surface area contributed by atoms with Gasteiger partial charge in [0.25, 0.3) is 0 Å². The number of ketones is 1. The summed E-state index contributed by atoms with van der Waals surface area (Å²) in [6.07, 6.45) is 5.71. The molecule has 1 aliphatic rings. The first kappa shape index (κ1) is 14.9. The standard InChI is InChI=1S/C17H24O3/c1-4-12-7-5-6-8-14(12)17(18)13-9-10-15(19-2)16(11-13)20-3/h9-12,14H,4-8H2,1-3H3. The van der Waals surface area contributed by atoms with Crippen LogP contribution in [0.1, 0.15) is 49.4 Å². The quantitative estimate of drug-likeness (QED) is 0.759. The van der Waals surface area contributed by atoms with Gasteiger partial charge in [-0.3, -0.25) is 4.79 Å². The molecule has 0 bridgehead atoms. The highest BCUT2D eigenvalue weighted by molar-refractivity contribution is 5.98. The van der Waals surface area contributed by atoms with Crippen LogP contribution in [0.3, 0.4) is 0 Å². The van der Waals surface area contributed by atoms with Crippen molar-refractivity contribution in [1.82, 2.24) is 0 Å². The molecule has 1 fully saturated rings. The van der Waals surface area contributed by atoms with Crippen molar-refractivity contribution in [2.24, 2.45) is 11.8 Å². The van der Waals surface area contributed by atoms with E-state index in [9.17, 15) is 4.79 Å². The number of methoxy groups -OCH3 is 2. The smallest absolute Gasteiger partial charge is 0.166 e. The van der Waals surface area contributed by atoms with Gasteiger partial charge in [0.15, 0.2) is 17.3 Å². The summed E-state index contributed by atoms with van der Waals surface area (Å²) in [6.45, 7) is 2.19. The van der Waals surface area contributed by atoms with Gasteiger partial charge >= 0.3 is 0 Å². The Kier molecular flexibility index (Phi) is 5.05. The fraction of sp³-hybridized carbons (Fsp3) is 0.588. The third-order valence-corrected chi connectivity index (χ3v) is 4.44. The van der Waals surface area contributed by atoms with Gasteiger partial charge in [0.1, 0.15) is 0 Å². The summed E-state index contributed by atoms with van der Waals surface area (Å²) in [4.78, 5) is 12.7. The van der Waals surface area contributed by atoms with Crippen molar-refractivity contribution in [2.45, 2.75) is 39.0 Å². The van der Waals surface area contributed by atoms with Gasteiger partial charge in [0, 0.05) is 11.5 Å². The second-order valence-corrected chi connectivity index (χ2v) is 5.49. The molecule has 0 radical (unpaired) electrons. The number of ether oxygens (including phenoxy) is 2. The Morgan fingerprint density at radius 3 is 2.50 bits per heavy atom. The molecule has 20 heavy (non-hydrogen) atoms. The first-order valence-corrected chi connectivity index (χ1v) is 7.47. The Morgan fingerprint density at radius 2 is 1.85 bits per heavy atom. The molecule has 3 heteroatoms. The third-order valence-electron chi connectivity index (χ3n) is 4.44. The molecule has 110 valence electrons. The summed E-state index contributed by atoms with van der Waals surface area (Å²) < 4.78 is 10.5. The lowest BCUT2D eigenvalue weighted by Gasteiger charge is -2.29. The van der Waals surface area contributed by atoms with Crippen LogP contribution in [-0.4, -0.2) is 20.0 Å². The lowest BCUT2D eigenvalue weighted by atomic mass is 9.74. The van der Waals surface area contributed by atoms with Crippen molar-refractivity contribution in [3.8, 4) is 11.5 Å². The van der Waals surface area contributed by atoms with Crippen molar-refractivity contribution in [2.75, 3.05) is 14.2 Å². The zero-order valence-corrected chi connectivity index (χ0v) is 12.6. The van der Waals surface area contributed by atoms with Crippen LogP contribution in [0, 0.1) is 11.8 Å². The van der Waals surface area contributed by atoms with Crippen molar-refractivity contribution in [3.63, 3.8) is 0 Å². The van der Waals surface area contributed by atoms with Gasteiger partial charge in [-0.2, -0.15) is 0 Å². The van der Waals surface area contributed by atoms with Crippen molar-refractivity contribution in [3.05, 3.63) is 23.8 Å². The van der Waals surface area contributed by atoms with Crippen LogP contribution in [0.2, 0.25) is 0 Å². The molecule has 2 rings (SSSR count). The van der Waals surface area contributed by atoms with E-state index in [4.69, 9.17) is 9.47 Å². The molecule has 3 nitrogen and oxygen atoms in total. The van der Waals surface area contributed by atoms with Gasteiger partial charge in [-0.1, -0.05) is 26.2 Å². The topological polar surface area (TPSA) is 35.5 Å². The van der Waals surface area contributed by atoms with Gasteiger partial charge in [-0.25, -0.2) is 0 Å². The SMILES string of the molecule is CCC1CCCCC1C(=O)c1ccc(OC)c(OC)c1. The molecule has 0 amide bonds. The zero-order valence-electron chi connectivity index (χ0n) is 12.6. The van der Waals surface area contributed by atoms with Crippen LogP contribution in [0.15, 0.2) is 18.2 Å². The normalized spacial score (nSPS) is 22.4. The van der Waals surface area contributed by atoms with E-state index >= 15 is 0 Å². The number of carbonyl (C=O) groups excluding carboxylic acids is 1. The largest absolute Gasteiger partial charge is 0.493 e. The molecule has 1 aromatic carbocycles. The zero-order chi connectivity index (χ0) is 14.5. The number of Topliss-reactive ketones (excluding diaryl/α,β-unsaturated/α-hetero) is 1. The van der Waals surface area contributed by atoms with Gasteiger partial charge in [0.05, 0.1) is 14.2 Å². The van der Waals surface area contributed by atoms with Crippen LogP contribution in [-0.2, 0) is 0 Å². The van der Waals surface area contributed by atoms with Crippen molar-refractivity contribution < 1.29 is 14.3 Å². The molecule has 0 N–H and O–H groups in total. The summed E-state index contributed by atoms with van der Waals surface area (Å²) in [5, 5.41) is 0. The van der Waals surface area contributed by atoms with E-state index in [1.54, 1.807) is 14.2 Å². The van der Waals surface area contributed by atoms with Crippen molar-refractivity contribution in [1.29, 1.82) is 0 Å². The predicted molar refractivity (Wildman–Crippen MR) is 79.6 cm³/mol. The molecule has 0 spiro atoms. The fourth-order valence-electron chi connectivity index (χ4n) is 3.25. The number of hydrogen-bond acceptors (Lipinski definition) is 3. The van der Waals surface area contributed by atoms with Crippen molar-refractivity contribution >= 4 is 5.78 Å². The molecule has 0 aromatic heterocycles. The Hall–Kier alpha value is -1.51. The maximum atomic E-state index is 12.7. The molecule has 0 heterocycles. The second kappa shape index (κ2) is 6.78. The molecular formula is C17H24O3. The highest BCUT2D eigenvalue weighted by Crippen LogP contribution is 2.36. The summed E-state index contributed by atoms with van der Waals surface area (Å²) in [7, 11) is 3.20. The average molecular weight is 276 g/mol. The van der Waals surface area contributed by atoms with Gasteiger partial charge < -0.3 is 9.47 Å². The summed E-state index contributed by atoms with van der Waals surface area (Å²) >= 11 is 0. The predicted octanol–water partition coefficient (Wildman–Crippen LogP) is 4.10. The highest BCUT2D eigenvalue weighted by Gasteiger charge is 2.30. The number of carbonyl (C=O) groups is 1. The number of benzene rings is 1.